The van der Waals surface area contributed by atoms with Gasteiger partial charge in [-0.25, -0.2) is 0 Å². The Labute approximate surface area is 145 Å². The maximum absolute atomic E-state index is 5.66. The summed E-state index contributed by atoms with van der Waals surface area (Å²) in [6, 6.07) is 18.6. The number of nitrogens with zero attached hydrogens (tertiary/aromatic N) is 1. The topological polar surface area (TPSA) is 45.6 Å². The Morgan fingerprint density at radius 1 is 0.917 bits per heavy atom. The first-order valence-electron chi connectivity index (χ1n) is 8.52. The van der Waals surface area contributed by atoms with Crippen molar-refractivity contribution < 1.29 is 4.74 Å². The molecular weight excluding hydrogens is 298 g/mol. The summed E-state index contributed by atoms with van der Waals surface area (Å²) in [6.45, 7) is 4.37. The molecule has 24 heavy (non-hydrogen) atoms. The molecule has 0 unspecified atom stereocenters. The van der Waals surface area contributed by atoms with E-state index in [0.717, 1.165) is 37.6 Å². The molecule has 0 aromatic heterocycles. The second-order valence-electron chi connectivity index (χ2n) is 5.45. The number of aliphatic imine (C=N–C) groups is 1. The van der Waals surface area contributed by atoms with E-state index in [-0.39, 0.29) is 0 Å². The molecule has 0 heterocycles. The summed E-state index contributed by atoms with van der Waals surface area (Å²) in [6.07, 6.45) is 1.88. The van der Waals surface area contributed by atoms with Gasteiger partial charge in [0.15, 0.2) is 5.96 Å². The maximum Gasteiger partial charge on any atom is 0.190 e. The van der Waals surface area contributed by atoms with Crippen LogP contribution in [0.2, 0.25) is 0 Å². The smallest absolute Gasteiger partial charge is 0.190 e. The molecule has 128 valence electrons. The summed E-state index contributed by atoms with van der Waals surface area (Å²) in [7, 11) is 1.80. The van der Waals surface area contributed by atoms with E-state index in [1.165, 1.54) is 11.1 Å². The van der Waals surface area contributed by atoms with Crippen molar-refractivity contribution in [3.05, 3.63) is 65.7 Å². The lowest BCUT2D eigenvalue weighted by molar-refractivity contribution is 0.336. The van der Waals surface area contributed by atoms with Crippen LogP contribution >= 0.6 is 0 Å². The molecule has 2 N–H and O–H groups in total. The Kier molecular flexibility index (Phi) is 7.68. The molecular formula is C20H27N3O. The molecule has 2 rings (SSSR count). The lowest BCUT2D eigenvalue weighted by Crippen LogP contribution is -2.39. The van der Waals surface area contributed by atoms with Crippen molar-refractivity contribution in [2.75, 3.05) is 26.7 Å². The minimum atomic E-state index is 0.688. The monoisotopic (exact) mass is 325 g/mol. The van der Waals surface area contributed by atoms with Gasteiger partial charge in [0.05, 0.1) is 6.61 Å². The van der Waals surface area contributed by atoms with Crippen LogP contribution in [0.15, 0.2) is 59.6 Å². The van der Waals surface area contributed by atoms with Gasteiger partial charge in [0.25, 0.3) is 0 Å². The highest BCUT2D eigenvalue weighted by Crippen LogP contribution is 2.17. The first kappa shape index (κ1) is 17.9. The second kappa shape index (κ2) is 10.3. The second-order valence-corrected chi connectivity index (χ2v) is 5.45. The third kappa shape index (κ3) is 5.95. The van der Waals surface area contributed by atoms with Crippen molar-refractivity contribution in [2.24, 2.45) is 4.99 Å². The molecule has 4 nitrogen and oxygen atoms in total. The van der Waals surface area contributed by atoms with Crippen molar-refractivity contribution in [3.63, 3.8) is 0 Å². The molecule has 0 spiro atoms. The normalized spacial score (nSPS) is 11.2. The number of hydrogen-bond donors (Lipinski definition) is 2. The van der Waals surface area contributed by atoms with E-state index < -0.39 is 0 Å². The molecule has 0 radical (unpaired) electrons. The van der Waals surface area contributed by atoms with Gasteiger partial charge in [0.2, 0.25) is 0 Å². The van der Waals surface area contributed by atoms with Crippen molar-refractivity contribution in [1.29, 1.82) is 0 Å². The Morgan fingerprint density at radius 2 is 1.58 bits per heavy atom. The van der Waals surface area contributed by atoms with Gasteiger partial charge in [-0.2, -0.15) is 0 Å². The molecule has 0 amide bonds. The predicted octanol–water partition coefficient (Wildman–Crippen LogP) is 3.04. The van der Waals surface area contributed by atoms with Crippen LogP contribution in [-0.4, -0.2) is 32.7 Å². The molecule has 2 aromatic carbocycles. The van der Waals surface area contributed by atoms with Gasteiger partial charge in [0.1, 0.15) is 5.75 Å². The highest BCUT2D eigenvalue weighted by Gasteiger charge is 2.03. The van der Waals surface area contributed by atoms with E-state index in [2.05, 4.69) is 46.0 Å². The minimum Gasteiger partial charge on any atom is -0.494 e. The van der Waals surface area contributed by atoms with Crippen molar-refractivity contribution >= 4 is 5.96 Å². The zero-order valence-electron chi connectivity index (χ0n) is 14.6. The summed E-state index contributed by atoms with van der Waals surface area (Å²) < 4.78 is 5.66. The van der Waals surface area contributed by atoms with Crippen LogP contribution in [0.1, 0.15) is 18.1 Å². The number of hydrogen-bond acceptors (Lipinski definition) is 2. The predicted molar refractivity (Wildman–Crippen MR) is 101 cm³/mol. The fraction of sp³-hybridized carbons (Fsp3) is 0.350. The third-order valence-electron chi connectivity index (χ3n) is 3.73. The zero-order chi connectivity index (χ0) is 17.0. The van der Waals surface area contributed by atoms with E-state index in [0.29, 0.717) is 6.61 Å². The van der Waals surface area contributed by atoms with E-state index in [9.17, 15) is 0 Å². The lowest BCUT2D eigenvalue weighted by Gasteiger charge is -2.13. The SMILES string of the molecule is CCOc1ccccc1CCNC(=NC)NCCc1ccccc1. The highest BCUT2D eigenvalue weighted by molar-refractivity contribution is 5.79. The van der Waals surface area contributed by atoms with Crippen LogP contribution in [0.4, 0.5) is 0 Å². The van der Waals surface area contributed by atoms with Crippen LogP contribution in [0, 0.1) is 0 Å². The van der Waals surface area contributed by atoms with Crippen molar-refractivity contribution in [1.82, 2.24) is 10.6 Å². The number of para-hydroxylation sites is 1. The van der Waals surface area contributed by atoms with Crippen LogP contribution in [0.5, 0.6) is 5.75 Å². The molecule has 2 aromatic rings. The Hall–Kier alpha value is -2.49. The molecule has 0 aliphatic heterocycles. The van der Waals surface area contributed by atoms with E-state index in [1.807, 2.05) is 31.2 Å². The van der Waals surface area contributed by atoms with Gasteiger partial charge in [0, 0.05) is 20.1 Å². The Balaban J connectivity index is 1.74. The highest BCUT2D eigenvalue weighted by atomic mass is 16.5. The number of guanidine groups is 1. The van der Waals surface area contributed by atoms with Gasteiger partial charge in [-0.1, -0.05) is 48.5 Å². The van der Waals surface area contributed by atoms with Gasteiger partial charge >= 0.3 is 0 Å². The van der Waals surface area contributed by atoms with Gasteiger partial charge < -0.3 is 15.4 Å². The quantitative estimate of drug-likeness (QED) is 0.579. The largest absolute Gasteiger partial charge is 0.494 e. The summed E-state index contributed by atoms with van der Waals surface area (Å²) in [5.74, 6) is 1.80. The molecule has 0 saturated carbocycles. The zero-order valence-corrected chi connectivity index (χ0v) is 14.6. The molecule has 0 fully saturated rings. The Bertz CT molecular complexity index is 626. The minimum absolute atomic E-state index is 0.688. The molecule has 0 aliphatic carbocycles. The summed E-state index contributed by atoms with van der Waals surface area (Å²) >= 11 is 0. The fourth-order valence-corrected chi connectivity index (χ4v) is 2.51. The van der Waals surface area contributed by atoms with Crippen LogP contribution < -0.4 is 15.4 Å². The van der Waals surface area contributed by atoms with Crippen molar-refractivity contribution in [2.45, 2.75) is 19.8 Å². The first-order valence-corrected chi connectivity index (χ1v) is 8.52. The van der Waals surface area contributed by atoms with E-state index in [1.54, 1.807) is 7.05 Å². The first-order chi connectivity index (χ1) is 11.8. The van der Waals surface area contributed by atoms with Gasteiger partial charge in [-0.15, -0.1) is 0 Å². The average molecular weight is 325 g/mol. The molecule has 0 saturated heterocycles. The lowest BCUT2D eigenvalue weighted by atomic mass is 10.1. The molecule has 0 bridgehead atoms. The summed E-state index contributed by atoms with van der Waals surface area (Å²) in [4.78, 5) is 4.27. The van der Waals surface area contributed by atoms with E-state index in [4.69, 9.17) is 4.74 Å². The third-order valence-corrected chi connectivity index (χ3v) is 3.73. The average Bonchev–Trinajstić information content (AvgIpc) is 2.63. The maximum atomic E-state index is 5.66. The fourth-order valence-electron chi connectivity index (χ4n) is 2.51. The standard InChI is InChI=1S/C20H27N3O/c1-3-24-19-12-8-7-11-18(19)14-16-23-20(21-2)22-15-13-17-9-5-4-6-10-17/h4-12H,3,13-16H2,1-2H3,(H2,21,22,23). The number of nitrogens with one attached hydrogen (secondary N) is 2. The Morgan fingerprint density at radius 3 is 2.29 bits per heavy atom. The van der Waals surface area contributed by atoms with Crippen molar-refractivity contribution in [3.8, 4) is 5.75 Å². The van der Waals surface area contributed by atoms with Gasteiger partial charge in [-0.05, 0) is 37.0 Å². The number of ether oxygens (including phenoxy) is 1. The van der Waals surface area contributed by atoms with Crippen LogP contribution in [0.3, 0.4) is 0 Å². The number of rotatable bonds is 8. The summed E-state index contributed by atoms with van der Waals surface area (Å²) in [5, 5.41) is 6.71. The van der Waals surface area contributed by atoms with E-state index >= 15 is 0 Å². The molecule has 4 heteroatoms. The molecule has 0 aliphatic rings. The van der Waals surface area contributed by atoms with Gasteiger partial charge in [-0.3, -0.25) is 4.99 Å². The van der Waals surface area contributed by atoms with Crippen LogP contribution in [0.25, 0.3) is 0 Å². The molecule has 0 atom stereocenters. The number of benzene rings is 2. The van der Waals surface area contributed by atoms with Crippen LogP contribution in [-0.2, 0) is 12.8 Å². The summed E-state index contributed by atoms with van der Waals surface area (Å²) in [5.41, 5.74) is 2.54.